The molecule has 0 aromatic carbocycles. The van der Waals surface area contributed by atoms with Crippen molar-refractivity contribution in [1.82, 2.24) is 15.6 Å². The average Bonchev–Trinajstić information content (AvgIpc) is 2.36. The molecule has 1 rings (SSSR count). The minimum atomic E-state index is -0.507. The fourth-order valence-corrected chi connectivity index (χ4v) is 1.64. The highest BCUT2D eigenvalue weighted by molar-refractivity contribution is 9.10. The number of alkyl carbamates (subject to hydrolysis) is 1. The zero-order chi connectivity index (χ0) is 15.9. The van der Waals surface area contributed by atoms with Crippen molar-refractivity contribution in [3.8, 4) is 0 Å². The number of nitrogens with one attached hydrogen (secondary N) is 2. The van der Waals surface area contributed by atoms with Crippen LogP contribution in [0.1, 0.15) is 37.6 Å². The number of amides is 2. The van der Waals surface area contributed by atoms with E-state index in [9.17, 15) is 9.59 Å². The molecular formula is C14H20BrN3O3. The summed E-state index contributed by atoms with van der Waals surface area (Å²) in [7, 11) is 0. The van der Waals surface area contributed by atoms with Crippen molar-refractivity contribution in [1.29, 1.82) is 0 Å². The second kappa shape index (κ2) is 7.97. The van der Waals surface area contributed by atoms with Crippen molar-refractivity contribution >= 4 is 27.9 Å². The van der Waals surface area contributed by atoms with Crippen molar-refractivity contribution in [3.63, 3.8) is 0 Å². The predicted molar refractivity (Wildman–Crippen MR) is 83.1 cm³/mol. The summed E-state index contributed by atoms with van der Waals surface area (Å²) in [5.74, 6) is -0.188. The number of rotatable bonds is 5. The van der Waals surface area contributed by atoms with E-state index in [0.717, 1.165) is 0 Å². The van der Waals surface area contributed by atoms with Crippen LogP contribution in [0.2, 0.25) is 0 Å². The summed E-state index contributed by atoms with van der Waals surface area (Å²) in [6.45, 7) is 6.32. The molecule has 6 nitrogen and oxygen atoms in total. The van der Waals surface area contributed by atoms with Crippen LogP contribution in [0.3, 0.4) is 0 Å². The van der Waals surface area contributed by atoms with Crippen molar-refractivity contribution < 1.29 is 14.3 Å². The van der Waals surface area contributed by atoms with Crippen LogP contribution in [-0.2, 0) is 4.74 Å². The molecule has 116 valence electrons. The monoisotopic (exact) mass is 357 g/mol. The number of pyridine rings is 1. The Hall–Kier alpha value is -1.63. The highest BCUT2D eigenvalue weighted by Crippen LogP contribution is 2.07. The van der Waals surface area contributed by atoms with Gasteiger partial charge in [-0.25, -0.2) is 9.78 Å². The van der Waals surface area contributed by atoms with Crippen LogP contribution >= 0.6 is 15.9 Å². The van der Waals surface area contributed by atoms with Crippen LogP contribution in [0.25, 0.3) is 0 Å². The molecule has 0 fully saturated rings. The molecule has 0 spiro atoms. The summed E-state index contributed by atoms with van der Waals surface area (Å²) >= 11 is 3.21. The van der Waals surface area contributed by atoms with E-state index in [1.165, 1.54) is 6.20 Å². The van der Waals surface area contributed by atoms with E-state index >= 15 is 0 Å². The van der Waals surface area contributed by atoms with Crippen molar-refractivity contribution in [3.05, 3.63) is 28.5 Å². The van der Waals surface area contributed by atoms with Gasteiger partial charge in [0.05, 0.1) is 5.56 Å². The van der Waals surface area contributed by atoms with Gasteiger partial charge >= 0.3 is 6.09 Å². The van der Waals surface area contributed by atoms with Crippen LogP contribution in [0.15, 0.2) is 22.9 Å². The molecule has 1 heterocycles. The van der Waals surface area contributed by atoms with E-state index in [0.29, 0.717) is 29.7 Å². The number of carbonyl (C=O) groups is 2. The minimum absolute atomic E-state index is 0.188. The molecule has 2 amide bonds. The maximum absolute atomic E-state index is 11.8. The van der Waals surface area contributed by atoms with Gasteiger partial charge < -0.3 is 15.4 Å². The number of hydrogen-bond donors (Lipinski definition) is 2. The molecule has 0 atom stereocenters. The quantitative estimate of drug-likeness (QED) is 0.626. The normalized spacial score (nSPS) is 10.9. The lowest BCUT2D eigenvalue weighted by Crippen LogP contribution is -2.34. The summed E-state index contributed by atoms with van der Waals surface area (Å²) in [5.41, 5.74) is -0.00863. The molecule has 21 heavy (non-hydrogen) atoms. The third kappa shape index (κ3) is 7.65. The van der Waals surface area contributed by atoms with Gasteiger partial charge in [-0.2, -0.15) is 0 Å². The van der Waals surface area contributed by atoms with E-state index in [-0.39, 0.29) is 5.91 Å². The molecule has 1 aromatic rings. The van der Waals surface area contributed by atoms with Crippen LogP contribution in [0.5, 0.6) is 0 Å². The molecule has 0 aliphatic rings. The van der Waals surface area contributed by atoms with Crippen molar-refractivity contribution in [2.24, 2.45) is 0 Å². The molecule has 0 aliphatic heterocycles. The van der Waals surface area contributed by atoms with Crippen molar-refractivity contribution in [2.45, 2.75) is 32.8 Å². The van der Waals surface area contributed by atoms with E-state index in [1.54, 1.807) is 32.9 Å². The second-order valence-electron chi connectivity index (χ2n) is 5.41. The maximum Gasteiger partial charge on any atom is 0.407 e. The number of aromatic nitrogens is 1. The lowest BCUT2D eigenvalue weighted by Gasteiger charge is -2.19. The highest BCUT2D eigenvalue weighted by Gasteiger charge is 2.15. The fraction of sp³-hybridized carbons (Fsp3) is 0.500. The fourth-order valence-electron chi connectivity index (χ4n) is 1.41. The Bertz CT molecular complexity index is 483. The van der Waals surface area contributed by atoms with Crippen LogP contribution in [0, 0.1) is 0 Å². The number of carbonyl (C=O) groups excluding carboxylic acids is 2. The maximum atomic E-state index is 11.8. The Balaban J connectivity index is 2.18. The van der Waals surface area contributed by atoms with Gasteiger partial charge in [0.15, 0.2) is 0 Å². The van der Waals surface area contributed by atoms with Gasteiger partial charge in [-0.3, -0.25) is 4.79 Å². The van der Waals surface area contributed by atoms with Gasteiger partial charge in [0, 0.05) is 19.3 Å². The molecule has 7 heteroatoms. The summed E-state index contributed by atoms with van der Waals surface area (Å²) in [6.07, 6.45) is 1.67. The first kappa shape index (κ1) is 17.4. The Morgan fingerprint density at radius 3 is 2.48 bits per heavy atom. The van der Waals surface area contributed by atoms with Gasteiger partial charge in [0.25, 0.3) is 5.91 Å². The van der Waals surface area contributed by atoms with Gasteiger partial charge in [0.1, 0.15) is 10.2 Å². The summed E-state index contributed by atoms with van der Waals surface area (Å²) in [6, 6.07) is 3.39. The van der Waals surface area contributed by atoms with Crippen LogP contribution in [-0.4, -0.2) is 35.7 Å². The van der Waals surface area contributed by atoms with E-state index < -0.39 is 11.7 Å². The largest absolute Gasteiger partial charge is 0.444 e. The molecule has 0 unspecified atom stereocenters. The van der Waals surface area contributed by atoms with Gasteiger partial charge in [-0.15, -0.1) is 0 Å². The first-order valence-corrected chi connectivity index (χ1v) is 7.44. The van der Waals surface area contributed by atoms with Crippen LogP contribution in [0.4, 0.5) is 4.79 Å². The van der Waals surface area contributed by atoms with E-state index in [1.807, 2.05) is 0 Å². The zero-order valence-corrected chi connectivity index (χ0v) is 14.0. The predicted octanol–water partition coefficient (Wildman–Crippen LogP) is 2.49. The molecular weight excluding hydrogens is 338 g/mol. The van der Waals surface area contributed by atoms with Crippen LogP contribution < -0.4 is 10.6 Å². The first-order valence-electron chi connectivity index (χ1n) is 6.64. The Morgan fingerprint density at radius 1 is 1.24 bits per heavy atom. The molecule has 0 saturated heterocycles. The van der Waals surface area contributed by atoms with E-state index in [4.69, 9.17) is 4.74 Å². The number of halogens is 1. The number of nitrogens with zero attached hydrogens (tertiary/aromatic N) is 1. The topological polar surface area (TPSA) is 80.3 Å². The van der Waals surface area contributed by atoms with Crippen molar-refractivity contribution in [2.75, 3.05) is 13.1 Å². The smallest absolute Gasteiger partial charge is 0.407 e. The first-order chi connectivity index (χ1) is 9.78. The lowest BCUT2D eigenvalue weighted by atomic mass is 10.2. The summed E-state index contributed by atoms with van der Waals surface area (Å²) in [4.78, 5) is 27.1. The standard InChI is InChI=1S/C14H20BrN3O3/c1-14(2,3)21-13(20)17-8-4-7-16-12(19)10-5-6-11(15)18-9-10/h5-6,9H,4,7-8H2,1-3H3,(H,16,19)(H,17,20). The molecule has 0 radical (unpaired) electrons. The Kier molecular flexibility index (Phi) is 6.61. The second-order valence-corrected chi connectivity index (χ2v) is 6.22. The number of ether oxygens (including phenoxy) is 1. The average molecular weight is 358 g/mol. The minimum Gasteiger partial charge on any atom is -0.444 e. The molecule has 0 saturated carbocycles. The SMILES string of the molecule is CC(C)(C)OC(=O)NCCCNC(=O)c1ccc(Br)nc1. The summed E-state index contributed by atoms with van der Waals surface area (Å²) < 4.78 is 5.78. The zero-order valence-electron chi connectivity index (χ0n) is 12.4. The van der Waals surface area contributed by atoms with Gasteiger partial charge in [-0.05, 0) is 55.3 Å². The molecule has 1 aromatic heterocycles. The number of hydrogen-bond acceptors (Lipinski definition) is 4. The molecule has 0 aliphatic carbocycles. The highest BCUT2D eigenvalue weighted by atomic mass is 79.9. The molecule has 2 N–H and O–H groups in total. The summed E-state index contributed by atoms with van der Waals surface area (Å²) in [5, 5.41) is 5.38. The Labute approximate surface area is 132 Å². The Morgan fingerprint density at radius 2 is 1.90 bits per heavy atom. The van der Waals surface area contributed by atoms with E-state index in [2.05, 4.69) is 31.5 Å². The molecule has 0 bridgehead atoms. The lowest BCUT2D eigenvalue weighted by molar-refractivity contribution is 0.0527. The van der Waals surface area contributed by atoms with Gasteiger partial charge in [-0.1, -0.05) is 0 Å². The third-order valence-electron chi connectivity index (χ3n) is 2.30. The third-order valence-corrected chi connectivity index (χ3v) is 2.77. The van der Waals surface area contributed by atoms with Gasteiger partial charge in [0.2, 0.25) is 0 Å².